The van der Waals surface area contributed by atoms with E-state index in [0.29, 0.717) is 40.2 Å². The summed E-state index contributed by atoms with van der Waals surface area (Å²) in [6.07, 6.45) is 0.127. The van der Waals surface area contributed by atoms with E-state index in [9.17, 15) is 23.5 Å². The van der Waals surface area contributed by atoms with Crippen molar-refractivity contribution < 1.29 is 72.8 Å². The third-order valence-corrected chi connectivity index (χ3v) is 15.0. The molecule has 5 unspecified atom stereocenters. The number of nitrogens with two attached hydrogens (primary N) is 2. The molecule has 66 heavy (non-hydrogen) atoms. The molecule has 6 rings (SSSR count). The summed E-state index contributed by atoms with van der Waals surface area (Å²) in [5, 5.41) is 0. The summed E-state index contributed by atoms with van der Waals surface area (Å²) in [6, 6.07) is 2.32. The Morgan fingerprint density at radius 2 is 1.30 bits per heavy atom. The monoisotopic (exact) mass is 986 g/mol. The van der Waals surface area contributed by atoms with Crippen LogP contribution in [0.4, 0.5) is 29.2 Å². The van der Waals surface area contributed by atoms with E-state index in [0.717, 1.165) is 76.2 Å². The second-order valence-corrected chi connectivity index (χ2v) is 20.5. The molecular weight excluding hydrogens is 926 g/mol. The molecule has 0 bridgehead atoms. The molecule has 26 heteroatoms. The number of alkyl halides is 4. The number of nitrogen functional groups attached to an aromatic ring is 2. The molecule has 2 aromatic heterocycles. The van der Waals surface area contributed by atoms with Gasteiger partial charge in [0, 0.05) is 18.8 Å². The fourth-order valence-electron chi connectivity index (χ4n) is 8.11. The number of aromatic nitrogens is 4. The van der Waals surface area contributed by atoms with Gasteiger partial charge in [0.25, 0.3) is 0 Å². The second kappa shape index (κ2) is 22.4. The molecule has 0 aromatic carbocycles. The van der Waals surface area contributed by atoms with Crippen LogP contribution < -0.4 is 22.8 Å². The lowest BCUT2D eigenvalue weighted by molar-refractivity contribution is -0.176. The van der Waals surface area contributed by atoms with E-state index < -0.39 is 101 Å². The van der Waals surface area contributed by atoms with Crippen LogP contribution in [-0.2, 0) is 55.3 Å². The normalized spacial score (nSPS) is 31.1. The Hall–Kier alpha value is -3.31. The molecule has 372 valence electrons. The quantitative estimate of drug-likeness (QED) is 0.0461. The van der Waals surface area contributed by atoms with Crippen LogP contribution in [-0.4, -0.2) is 93.9 Å². The zero-order valence-electron chi connectivity index (χ0n) is 37.1. The first-order chi connectivity index (χ1) is 31.2. The van der Waals surface area contributed by atoms with Gasteiger partial charge in [0.1, 0.15) is 23.8 Å². The van der Waals surface area contributed by atoms with Gasteiger partial charge in [-0.15, -0.1) is 0 Å². The number of hydrogen-bond donors (Lipinski definition) is 2. The highest BCUT2D eigenvalue weighted by Gasteiger charge is 2.66. The molecule has 4 aliphatic heterocycles. The number of phosphoric ester groups is 2. The number of rotatable bonds is 24. The van der Waals surface area contributed by atoms with E-state index in [1.807, 2.05) is 0 Å². The highest BCUT2D eigenvalue weighted by molar-refractivity contribution is 7.49. The fourth-order valence-corrected chi connectivity index (χ4v) is 11.0. The first-order valence-corrected chi connectivity index (χ1v) is 25.2. The van der Waals surface area contributed by atoms with E-state index >= 15 is 17.6 Å². The minimum absolute atomic E-state index is 0.0112. The zero-order chi connectivity index (χ0) is 47.9. The molecule has 2 aromatic rings. The number of carbonyl (C=O) groups is 1. The van der Waals surface area contributed by atoms with Gasteiger partial charge in [0.15, 0.2) is 12.2 Å². The maximum Gasteiger partial charge on any atom is 0.475 e. The molecule has 0 aliphatic carbocycles. The van der Waals surface area contributed by atoms with Crippen molar-refractivity contribution in [2.45, 2.75) is 159 Å². The molecule has 20 nitrogen and oxygen atoms in total. The lowest BCUT2D eigenvalue weighted by Gasteiger charge is -2.31. The summed E-state index contributed by atoms with van der Waals surface area (Å²) in [5.41, 5.74) is 8.83. The van der Waals surface area contributed by atoms with Gasteiger partial charge in [-0.3, -0.25) is 41.1 Å². The first kappa shape index (κ1) is 52.1. The van der Waals surface area contributed by atoms with Gasteiger partial charge in [-0.2, -0.15) is 27.5 Å². The largest absolute Gasteiger partial charge is 0.475 e. The third kappa shape index (κ3) is 13.1. The molecule has 4 aliphatic rings. The van der Waals surface area contributed by atoms with Crippen LogP contribution in [0.5, 0.6) is 0 Å². The highest BCUT2D eigenvalue weighted by atomic mass is 31.2. The number of esters is 1. The molecule has 0 amide bonds. The standard InChI is InChI=1S/C40H60F4N6O14P2/c1-25(14-10-6-4-5-9-13-21-56-65(54)58-24-29-34(64-65)40(43,44)36(61-29)50-20-18-31(46)48-38(50)53)26(2)15-11-7-8-12-16-32(51)62-33-28(23-59-66(55)57-22-27(3)63-66)60-35(39(33,41)42)49-19-17-30(45)47-37(49)52/h17-20,25-29,33-36H,4-16,21-24H2,1-3H3,(H2,45,47,52)(H2,46,48,53)/t25?,26?,27?,28-,29-,33-,34-,35-,36-,65?,66?/m1/s1. The predicted molar refractivity (Wildman–Crippen MR) is 226 cm³/mol. The van der Waals surface area contributed by atoms with Crippen LogP contribution in [0.1, 0.15) is 117 Å². The van der Waals surface area contributed by atoms with Crippen molar-refractivity contribution in [3.8, 4) is 0 Å². The molecule has 6 heterocycles. The van der Waals surface area contributed by atoms with Crippen molar-refractivity contribution in [3.05, 3.63) is 45.5 Å². The van der Waals surface area contributed by atoms with Crippen molar-refractivity contribution >= 4 is 33.3 Å². The molecule has 4 fully saturated rings. The topological polar surface area (TPSA) is 256 Å². The number of ether oxygens (including phenoxy) is 3. The van der Waals surface area contributed by atoms with Crippen molar-refractivity contribution in [3.63, 3.8) is 0 Å². The lowest BCUT2D eigenvalue weighted by atomic mass is 9.86. The lowest BCUT2D eigenvalue weighted by Crippen LogP contribution is -2.45. The molecular formula is C40H60F4N6O14P2. The van der Waals surface area contributed by atoms with Crippen molar-refractivity contribution in [2.24, 2.45) is 11.8 Å². The third-order valence-electron chi connectivity index (χ3n) is 12.0. The van der Waals surface area contributed by atoms with Crippen molar-refractivity contribution in [1.29, 1.82) is 0 Å². The molecule has 0 saturated carbocycles. The Morgan fingerprint density at radius 3 is 1.88 bits per heavy atom. The fraction of sp³-hybridized carbons (Fsp3) is 0.775. The van der Waals surface area contributed by atoms with Gasteiger partial charge in [0.05, 0.1) is 32.5 Å². The smallest absolute Gasteiger partial charge is 0.453 e. The Balaban J connectivity index is 0.813. The number of phosphoric acid groups is 2. The average Bonchev–Trinajstić information content (AvgIpc) is 3.82. The van der Waals surface area contributed by atoms with Crippen LogP contribution in [0.3, 0.4) is 0 Å². The zero-order valence-corrected chi connectivity index (χ0v) is 38.9. The van der Waals surface area contributed by atoms with E-state index in [1.165, 1.54) is 6.07 Å². The summed E-state index contributed by atoms with van der Waals surface area (Å²) in [7, 11) is -8.36. The number of fused-ring (bicyclic) bond motifs is 1. The van der Waals surface area contributed by atoms with Crippen LogP contribution >= 0.6 is 15.6 Å². The summed E-state index contributed by atoms with van der Waals surface area (Å²) in [6.45, 7) is 4.76. The average molecular weight is 987 g/mol. The number of halogens is 4. The Kier molecular flexibility index (Phi) is 17.7. The van der Waals surface area contributed by atoms with Gasteiger partial charge in [-0.1, -0.05) is 78.1 Å². The van der Waals surface area contributed by atoms with Crippen LogP contribution in [0.25, 0.3) is 0 Å². The SMILES string of the molecule is CC1COP(=O)(OC[C@H]2O[C@@H](n3ccc(N)nc3=O)C(F)(F)[C@@H]2OC(=O)CCCCCCC(C)C(C)CCCCCCCCOP2(=O)OC[C@H]3O[C@@H](n4ccc(N)nc4=O)C(F)(F)[C@@H]3O2)O1. The van der Waals surface area contributed by atoms with Crippen molar-refractivity contribution in [2.75, 3.05) is 37.9 Å². The summed E-state index contributed by atoms with van der Waals surface area (Å²) < 4.78 is 136. The Labute approximate surface area is 378 Å². The molecule has 11 atom stereocenters. The van der Waals surface area contributed by atoms with Crippen LogP contribution in [0, 0.1) is 11.8 Å². The van der Waals surface area contributed by atoms with E-state index in [1.54, 1.807) is 6.92 Å². The maximum atomic E-state index is 15.8. The number of unbranched alkanes of at least 4 members (excludes halogenated alkanes) is 8. The van der Waals surface area contributed by atoms with Crippen molar-refractivity contribution in [1.82, 2.24) is 19.1 Å². The van der Waals surface area contributed by atoms with Gasteiger partial charge in [-0.25, -0.2) is 18.7 Å². The number of carbonyl (C=O) groups excluding carboxylic acids is 1. The van der Waals surface area contributed by atoms with Gasteiger partial charge < -0.3 is 25.7 Å². The maximum absolute atomic E-state index is 15.8. The summed E-state index contributed by atoms with van der Waals surface area (Å²) in [4.78, 5) is 44.4. The predicted octanol–water partition coefficient (Wildman–Crippen LogP) is 7.09. The molecule has 0 radical (unpaired) electrons. The Bertz CT molecular complexity index is 2170. The number of hydrogen-bond acceptors (Lipinski definition) is 18. The van der Waals surface area contributed by atoms with E-state index in [2.05, 4.69) is 23.8 Å². The van der Waals surface area contributed by atoms with Gasteiger partial charge in [0.2, 0.25) is 12.5 Å². The summed E-state index contributed by atoms with van der Waals surface area (Å²) in [5.74, 6) is -7.91. The van der Waals surface area contributed by atoms with Crippen LogP contribution in [0.2, 0.25) is 0 Å². The van der Waals surface area contributed by atoms with E-state index in [4.69, 9.17) is 52.8 Å². The molecule has 4 N–H and O–H groups in total. The number of anilines is 2. The second-order valence-electron chi connectivity index (χ2n) is 17.3. The minimum Gasteiger partial charge on any atom is -0.453 e. The first-order valence-electron chi connectivity index (χ1n) is 22.3. The van der Waals surface area contributed by atoms with Gasteiger partial charge >= 0.3 is 44.8 Å². The molecule has 4 saturated heterocycles. The van der Waals surface area contributed by atoms with E-state index in [-0.39, 0.29) is 31.3 Å². The Morgan fingerprint density at radius 1 is 0.773 bits per heavy atom. The molecule has 0 spiro atoms. The van der Waals surface area contributed by atoms with Gasteiger partial charge in [-0.05, 0) is 43.7 Å². The van der Waals surface area contributed by atoms with Crippen LogP contribution in [0.15, 0.2) is 34.1 Å². The number of nitrogens with zero attached hydrogens (tertiary/aromatic N) is 4. The minimum atomic E-state index is -4.29. The summed E-state index contributed by atoms with van der Waals surface area (Å²) >= 11 is 0. The highest BCUT2D eigenvalue weighted by Crippen LogP contribution is 2.60.